The largest absolute Gasteiger partial charge is 0.349 e. The van der Waals surface area contributed by atoms with Crippen LogP contribution in [0.15, 0.2) is 6.08 Å². The molecule has 0 aliphatic carbocycles. The molecular formula is C18H26N3O2Re-. The Hall–Kier alpha value is -1.69. The summed E-state index contributed by atoms with van der Waals surface area (Å²) in [5.74, 6) is 4.86. The number of imide groups is 1. The molecular weight excluding hydrogens is 476 g/mol. The average molecular weight is 503 g/mol. The van der Waals surface area contributed by atoms with Crippen LogP contribution in [0, 0.1) is 25.0 Å². The van der Waals surface area contributed by atoms with Gasteiger partial charge in [0.15, 0.2) is 0 Å². The zero-order valence-electron chi connectivity index (χ0n) is 15.2. The van der Waals surface area contributed by atoms with Crippen LogP contribution in [-0.2, 0) is 30.0 Å². The molecule has 133 valence electrons. The van der Waals surface area contributed by atoms with Gasteiger partial charge >= 0.3 is 0 Å². The molecule has 0 saturated carbocycles. The van der Waals surface area contributed by atoms with E-state index in [1.54, 1.807) is 4.68 Å². The number of hydrogen-bond donors (Lipinski definition) is 1. The van der Waals surface area contributed by atoms with Crippen LogP contribution >= 0.6 is 0 Å². The molecule has 5 nitrogen and oxygen atoms in total. The molecule has 1 atom stereocenters. The van der Waals surface area contributed by atoms with Gasteiger partial charge in [-0.2, -0.15) is 5.56 Å². The smallest absolute Gasteiger partial charge is 0.249 e. The number of allylic oxidation sites excluding steroid dienone is 1. The van der Waals surface area contributed by atoms with E-state index in [0.29, 0.717) is 12.8 Å². The number of piperidine rings is 1. The SMILES string of the molecule is C/C=C\c1c(C)[c-]nn1C1CCC(=O)NC1=O.CC.CC#CC.[Re]. The van der Waals surface area contributed by atoms with E-state index in [4.69, 9.17) is 0 Å². The van der Waals surface area contributed by atoms with Crippen molar-refractivity contribution in [3.8, 4) is 11.8 Å². The summed E-state index contributed by atoms with van der Waals surface area (Å²) in [6.07, 6.45) is 7.47. The van der Waals surface area contributed by atoms with Crippen molar-refractivity contribution in [2.24, 2.45) is 0 Å². The number of carbonyl (C=O) groups excluding carboxylic acids is 2. The second-order valence-corrected chi connectivity index (χ2v) is 4.53. The molecule has 2 amide bonds. The first kappa shape index (κ1) is 24.6. The van der Waals surface area contributed by atoms with E-state index in [0.717, 1.165) is 11.3 Å². The van der Waals surface area contributed by atoms with Crippen LogP contribution in [0.5, 0.6) is 0 Å². The van der Waals surface area contributed by atoms with Gasteiger partial charge in [0.1, 0.15) is 6.04 Å². The summed E-state index contributed by atoms with van der Waals surface area (Å²) < 4.78 is 1.64. The normalized spacial score (nSPS) is 15.7. The Labute approximate surface area is 158 Å². The minimum Gasteiger partial charge on any atom is -0.349 e. The Morgan fingerprint density at radius 2 is 1.88 bits per heavy atom. The Morgan fingerprint density at radius 3 is 2.33 bits per heavy atom. The van der Waals surface area contributed by atoms with Gasteiger partial charge in [0, 0.05) is 26.8 Å². The predicted octanol–water partition coefficient (Wildman–Crippen LogP) is 3.06. The molecule has 2 heterocycles. The van der Waals surface area contributed by atoms with E-state index in [1.165, 1.54) is 0 Å². The number of nitrogens with zero attached hydrogens (tertiary/aromatic N) is 2. The monoisotopic (exact) mass is 503 g/mol. The number of amides is 2. The van der Waals surface area contributed by atoms with Gasteiger partial charge in [-0.1, -0.05) is 26.5 Å². The average Bonchev–Trinajstić information content (AvgIpc) is 2.91. The van der Waals surface area contributed by atoms with Crippen LogP contribution in [0.25, 0.3) is 6.08 Å². The summed E-state index contributed by atoms with van der Waals surface area (Å²) in [7, 11) is 0. The molecule has 24 heavy (non-hydrogen) atoms. The molecule has 0 aromatic carbocycles. The van der Waals surface area contributed by atoms with Gasteiger partial charge in [-0.25, -0.2) is 0 Å². The van der Waals surface area contributed by atoms with Crippen molar-refractivity contribution in [2.45, 2.75) is 60.4 Å². The second kappa shape index (κ2) is 13.7. The Balaban J connectivity index is 0. The van der Waals surface area contributed by atoms with Gasteiger partial charge < -0.3 is 9.78 Å². The van der Waals surface area contributed by atoms with E-state index in [-0.39, 0.29) is 32.2 Å². The summed E-state index contributed by atoms with van der Waals surface area (Å²) in [5, 5.41) is 6.43. The van der Waals surface area contributed by atoms with Crippen LogP contribution in [0.3, 0.4) is 0 Å². The fourth-order valence-corrected chi connectivity index (χ4v) is 1.92. The van der Waals surface area contributed by atoms with E-state index < -0.39 is 6.04 Å². The third-order valence-electron chi connectivity index (χ3n) is 3.04. The minimum atomic E-state index is -0.413. The first-order valence-electron chi connectivity index (χ1n) is 7.81. The molecule has 1 radical (unpaired) electrons. The maximum Gasteiger partial charge on any atom is 0.249 e. The molecule has 1 aliphatic heterocycles. The van der Waals surface area contributed by atoms with E-state index in [2.05, 4.69) is 28.5 Å². The van der Waals surface area contributed by atoms with Crippen LogP contribution in [0.1, 0.15) is 64.8 Å². The quantitative estimate of drug-likeness (QED) is 0.384. The molecule has 1 unspecified atom stereocenters. The van der Waals surface area contributed by atoms with Crippen LogP contribution in [0.2, 0.25) is 0 Å². The molecule has 1 aromatic heterocycles. The van der Waals surface area contributed by atoms with Gasteiger partial charge in [-0.3, -0.25) is 14.9 Å². The molecule has 0 spiro atoms. The van der Waals surface area contributed by atoms with E-state index in [9.17, 15) is 9.59 Å². The van der Waals surface area contributed by atoms with Crippen molar-refractivity contribution in [3.63, 3.8) is 0 Å². The molecule has 6 heteroatoms. The molecule has 1 fully saturated rings. The predicted molar refractivity (Wildman–Crippen MR) is 92.4 cm³/mol. The fraction of sp³-hybridized carbons (Fsp3) is 0.500. The van der Waals surface area contributed by atoms with Gasteiger partial charge in [0.05, 0.1) is 0 Å². The summed E-state index contributed by atoms with van der Waals surface area (Å²) in [5.41, 5.74) is 1.76. The van der Waals surface area contributed by atoms with Crippen LogP contribution < -0.4 is 5.32 Å². The van der Waals surface area contributed by atoms with Gasteiger partial charge in [0.2, 0.25) is 11.8 Å². The van der Waals surface area contributed by atoms with Gasteiger partial charge in [-0.15, -0.1) is 30.2 Å². The van der Waals surface area contributed by atoms with Crippen molar-refractivity contribution in [1.29, 1.82) is 0 Å². The number of carbonyl (C=O) groups is 2. The summed E-state index contributed by atoms with van der Waals surface area (Å²) >= 11 is 0. The van der Waals surface area contributed by atoms with Gasteiger partial charge in [0.25, 0.3) is 0 Å². The second-order valence-electron chi connectivity index (χ2n) is 4.53. The summed E-state index contributed by atoms with van der Waals surface area (Å²) in [6, 6.07) is -0.413. The standard InChI is InChI=1S/C12H14N3O2.C4H6.C2H6.Re/c1-3-4-9-8(2)7-13-15(9)10-5-6-11(16)14-12(10)17;1-3-4-2;1-2;/h3-4,10H,5-6H2,1-2H3,(H,14,16,17);1-2H3;1-2H3;/q-1;;;/b4-3-;;;. The Morgan fingerprint density at radius 1 is 1.29 bits per heavy atom. The third-order valence-corrected chi connectivity index (χ3v) is 3.04. The first-order valence-corrected chi connectivity index (χ1v) is 7.81. The molecule has 1 aliphatic rings. The minimum absolute atomic E-state index is 0. The molecule has 1 saturated heterocycles. The van der Waals surface area contributed by atoms with Crippen molar-refractivity contribution < 1.29 is 30.0 Å². The number of rotatable bonds is 2. The fourth-order valence-electron chi connectivity index (χ4n) is 1.92. The zero-order chi connectivity index (χ0) is 17.8. The third kappa shape index (κ3) is 7.26. The number of hydrogen-bond acceptors (Lipinski definition) is 3. The van der Waals surface area contributed by atoms with Gasteiger partial charge in [-0.05, 0) is 27.2 Å². The van der Waals surface area contributed by atoms with Crippen LogP contribution in [0.4, 0.5) is 0 Å². The molecule has 2 rings (SSSR count). The van der Waals surface area contributed by atoms with Crippen molar-refractivity contribution >= 4 is 17.9 Å². The summed E-state index contributed by atoms with van der Waals surface area (Å²) in [4.78, 5) is 22.8. The maximum absolute atomic E-state index is 11.7. The Bertz CT molecular complexity index is 604. The topological polar surface area (TPSA) is 64.0 Å². The Kier molecular flexibility index (Phi) is 14.0. The van der Waals surface area contributed by atoms with Crippen molar-refractivity contribution in [2.75, 3.05) is 0 Å². The van der Waals surface area contributed by atoms with Crippen molar-refractivity contribution in [1.82, 2.24) is 15.1 Å². The molecule has 1 aromatic rings. The maximum atomic E-state index is 11.7. The van der Waals surface area contributed by atoms with Crippen LogP contribution in [-0.4, -0.2) is 21.6 Å². The molecule has 1 N–H and O–H groups in total. The molecule has 0 bridgehead atoms. The number of aryl methyl sites for hydroxylation is 1. The number of nitrogens with one attached hydrogen (secondary N) is 1. The number of aromatic nitrogens is 2. The zero-order valence-corrected chi connectivity index (χ0v) is 18.0. The van der Waals surface area contributed by atoms with E-state index in [1.807, 2.05) is 53.7 Å². The summed E-state index contributed by atoms with van der Waals surface area (Å²) in [6.45, 7) is 11.4. The first-order chi connectivity index (χ1) is 11.0. The van der Waals surface area contributed by atoms with E-state index >= 15 is 0 Å². The van der Waals surface area contributed by atoms with Crippen molar-refractivity contribution in [3.05, 3.63) is 23.5 Å².